The maximum absolute atomic E-state index is 5.22. The Morgan fingerprint density at radius 1 is 0.529 bits per heavy atom. The van der Waals surface area contributed by atoms with Crippen LogP contribution in [0.4, 0.5) is 0 Å². The molecule has 0 N–H and O–H groups in total. The summed E-state index contributed by atoms with van der Waals surface area (Å²) in [5, 5.41) is 0. The zero-order chi connectivity index (χ0) is 35.0. The van der Waals surface area contributed by atoms with Gasteiger partial charge in [-0.2, -0.15) is 0 Å². The van der Waals surface area contributed by atoms with Gasteiger partial charge in [0.1, 0.15) is 11.6 Å². The highest BCUT2D eigenvalue weighted by Crippen LogP contribution is 2.45. The lowest BCUT2D eigenvalue weighted by Gasteiger charge is -2.22. The smallest absolute Gasteiger partial charge is 0.163 e. The van der Waals surface area contributed by atoms with E-state index in [2.05, 4.69) is 97.1 Å². The average Bonchev–Trinajstić information content (AvgIpc) is 3.41. The highest BCUT2D eigenvalue weighted by atomic mass is 15.0. The molecule has 0 aliphatic heterocycles. The predicted octanol–water partition coefficient (Wildman–Crippen LogP) is 11.2. The number of pyridine rings is 2. The first-order valence-corrected chi connectivity index (χ1v) is 18.2. The van der Waals surface area contributed by atoms with Crippen LogP contribution in [0.2, 0.25) is 0 Å². The number of allylic oxidation sites excluding steroid dienone is 4. The lowest BCUT2D eigenvalue weighted by Crippen LogP contribution is -2.13. The topological polar surface area (TPSA) is 64.5 Å². The summed E-state index contributed by atoms with van der Waals surface area (Å²) in [6, 6.07) is 40.9. The molecular weight excluding hydrogens is 623 g/mol. The van der Waals surface area contributed by atoms with Crippen LogP contribution in [0.5, 0.6) is 0 Å². The van der Waals surface area contributed by atoms with Crippen molar-refractivity contribution in [1.29, 1.82) is 0 Å². The summed E-state index contributed by atoms with van der Waals surface area (Å²) in [6.07, 6.45) is 13.1. The van der Waals surface area contributed by atoms with Crippen molar-refractivity contribution in [3.05, 3.63) is 174 Å². The van der Waals surface area contributed by atoms with E-state index in [1.807, 2.05) is 63.3 Å². The van der Waals surface area contributed by atoms with Crippen molar-refractivity contribution in [2.75, 3.05) is 0 Å². The van der Waals surface area contributed by atoms with Gasteiger partial charge in [-0.05, 0) is 93.7 Å². The molecule has 5 nitrogen and oxygen atoms in total. The summed E-state index contributed by atoms with van der Waals surface area (Å²) < 4.78 is 0. The van der Waals surface area contributed by atoms with Crippen LogP contribution in [0.15, 0.2) is 140 Å². The van der Waals surface area contributed by atoms with Crippen molar-refractivity contribution >= 4 is 0 Å². The summed E-state index contributed by atoms with van der Waals surface area (Å²) in [4.78, 5) is 24.9. The summed E-state index contributed by atoms with van der Waals surface area (Å²) in [5.41, 5.74) is 10.1. The molecule has 3 aromatic heterocycles. The lowest BCUT2D eigenvalue weighted by molar-refractivity contribution is 0.502. The first-order chi connectivity index (χ1) is 25.0. The minimum Gasteiger partial charge on any atom is -0.253 e. The van der Waals surface area contributed by atoms with Gasteiger partial charge in [-0.1, -0.05) is 115 Å². The van der Waals surface area contributed by atoms with Crippen LogP contribution in [-0.4, -0.2) is 24.9 Å². The molecule has 254 valence electrons. The van der Waals surface area contributed by atoms with Gasteiger partial charge < -0.3 is 0 Å². The van der Waals surface area contributed by atoms with Crippen molar-refractivity contribution < 1.29 is 0 Å². The largest absolute Gasteiger partial charge is 0.253 e. The fourth-order valence-corrected chi connectivity index (χ4v) is 7.29. The Balaban J connectivity index is 1.24. The molecule has 0 radical (unpaired) electrons. The van der Waals surface area contributed by atoms with Crippen molar-refractivity contribution in [3.63, 3.8) is 0 Å². The second-order valence-electron chi connectivity index (χ2n) is 13.7. The van der Waals surface area contributed by atoms with Crippen molar-refractivity contribution in [2.45, 2.75) is 70.6 Å². The third kappa shape index (κ3) is 8.43. The molecule has 2 atom stereocenters. The normalized spacial score (nSPS) is 17.9. The maximum Gasteiger partial charge on any atom is 0.163 e. The standard InChI is InChI=1S/C46H45N5/c1-4-5-6-10-19-44-49-45(38-15-8-7-9-16-38)51-46(50-44)41-30-39(34-20-24-36(25-21-34)42-17-11-13-32(2)47-42)28-29-40(31-41)35-22-26-37(27-23-35)43-18-12-14-33(3)48-43/h4-18,20-27,39-41H,19,28-31H2,1-3H3/b5-4-,10-6-. The number of aryl methyl sites for hydroxylation is 2. The summed E-state index contributed by atoms with van der Waals surface area (Å²) in [7, 11) is 0. The molecule has 7 rings (SSSR count). The fraction of sp³-hybridized carbons (Fsp3) is 0.239. The van der Waals surface area contributed by atoms with Crippen LogP contribution >= 0.6 is 0 Å². The van der Waals surface area contributed by atoms with E-state index in [9.17, 15) is 0 Å². The van der Waals surface area contributed by atoms with E-state index in [1.165, 1.54) is 11.1 Å². The Labute approximate surface area is 302 Å². The van der Waals surface area contributed by atoms with Gasteiger partial charge in [0.15, 0.2) is 5.82 Å². The molecule has 0 amide bonds. The number of aromatic nitrogens is 5. The molecular formula is C46H45N5. The molecule has 1 saturated carbocycles. The van der Waals surface area contributed by atoms with Crippen molar-refractivity contribution in [1.82, 2.24) is 24.9 Å². The zero-order valence-electron chi connectivity index (χ0n) is 29.8. The van der Waals surface area contributed by atoms with Gasteiger partial charge in [-0.3, -0.25) is 9.97 Å². The molecule has 1 fully saturated rings. The summed E-state index contributed by atoms with van der Waals surface area (Å²) in [6.45, 7) is 6.11. The Kier molecular flexibility index (Phi) is 10.6. The van der Waals surface area contributed by atoms with E-state index in [4.69, 9.17) is 24.9 Å². The Morgan fingerprint density at radius 3 is 1.63 bits per heavy atom. The predicted molar refractivity (Wildman–Crippen MR) is 208 cm³/mol. The van der Waals surface area contributed by atoms with Gasteiger partial charge in [0.05, 0.1) is 11.4 Å². The number of hydrogen-bond donors (Lipinski definition) is 0. The van der Waals surface area contributed by atoms with Crippen molar-refractivity contribution in [3.8, 4) is 33.9 Å². The zero-order valence-corrected chi connectivity index (χ0v) is 29.8. The molecule has 3 aromatic carbocycles. The number of nitrogens with zero attached hydrogens (tertiary/aromatic N) is 5. The van der Waals surface area contributed by atoms with Crippen LogP contribution in [0.1, 0.15) is 84.5 Å². The molecule has 6 aromatic rings. The number of hydrogen-bond acceptors (Lipinski definition) is 5. The SMILES string of the molecule is C/C=C\C=C/Cc1nc(-c2ccccc2)nc(C2CC(c3ccc(-c4cccc(C)n4)cc3)CCC(c3ccc(-c4cccc(C)n4)cc3)C2)n1. The molecule has 0 spiro atoms. The Morgan fingerprint density at radius 2 is 1.10 bits per heavy atom. The van der Waals surface area contributed by atoms with Gasteiger partial charge in [-0.25, -0.2) is 15.0 Å². The Bertz CT molecular complexity index is 2020. The van der Waals surface area contributed by atoms with Crippen LogP contribution in [0.3, 0.4) is 0 Å². The van der Waals surface area contributed by atoms with Crippen LogP contribution in [-0.2, 0) is 6.42 Å². The second kappa shape index (κ2) is 16.0. The van der Waals surface area contributed by atoms with E-state index < -0.39 is 0 Å². The minimum absolute atomic E-state index is 0.169. The molecule has 2 unspecified atom stereocenters. The molecule has 3 heterocycles. The van der Waals surface area contributed by atoms with Gasteiger partial charge in [0.25, 0.3) is 0 Å². The quantitative estimate of drug-likeness (QED) is 0.113. The number of benzene rings is 3. The minimum atomic E-state index is 0.169. The van der Waals surface area contributed by atoms with Gasteiger partial charge in [-0.15, -0.1) is 0 Å². The van der Waals surface area contributed by atoms with E-state index in [1.54, 1.807) is 0 Å². The second-order valence-corrected chi connectivity index (χ2v) is 13.7. The first-order valence-electron chi connectivity index (χ1n) is 18.2. The highest BCUT2D eigenvalue weighted by Gasteiger charge is 2.31. The molecule has 51 heavy (non-hydrogen) atoms. The lowest BCUT2D eigenvalue weighted by atomic mass is 9.85. The molecule has 0 bridgehead atoms. The van der Waals surface area contributed by atoms with Gasteiger partial charge >= 0.3 is 0 Å². The molecule has 5 heteroatoms. The van der Waals surface area contributed by atoms with Crippen LogP contribution < -0.4 is 0 Å². The summed E-state index contributed by atoms with van der Waals surface area (Å²) >= 11 is 0. The van der Waals surface area contributed by atoms with Gasteiger partial charge in [0, 0.05) is 40.4 Å². The van der Waals surface area contributed by atoms with Gasteiger partial charge in [0.2, 0.25) is 0 Å². The molecule has 1 aliphatic rings. The van der Waals surface area contributed by atoms with E-state index in [0.717, 1.165) is 82.6 Å². The molecule has 0 saturated heterocycles. The van der Waals surface area contributed by atoms with Crippen molar-refractivity contribution in [2.24, 2.45) is 0 Å². The van der Waals surface area contributed by atoms with E-state index in [0.29, 0.717) is 18.3 Å². The molecule has 1 aliphatic carbocycles. The van der Waals surface area contributed by atoms with E-state index in [-0.39, 0.29) is 5.92 Å². The highest BCUT2D eigenvalue weighted by molar-refractivity contribution is 5.61. The van der Waals surface area contributed by atoms with Crippen LogP contribution in [0, 0.1) is 13.8 Å². The van der Waals surface area contributed by atoms with Crippen LogP contribution in [0.25, 0.3) is 33.9 Å². The average molecular weight is 668 g/mol. The maximum atomic E-state index is 5.22. The first kappa shape index (κ1) is 33.9. The fourth-order valence-electron chi connectivity index (χ4n) is 7.29. The number of rotatable bonds is 9. The third-order valence-electron chi connectivity index (χ3n) is 9.97. The Hall–Kier alpha value is -5.55. The monoisotopic (exact) mass is 667 g/mol. The third-order valence-corrected chi connectivity index (χ3v) is 9.97. The van der Waals surface area contributed by atoms with E-state index >= 15 is 0 Å². The summed E-state index contributed by atoms with van der Waals surface area (Å²) in [5.74, 6) is 3.38.